The Hall–Kier alpha value is -3.59. The number of nitrogens with one attached hydrogen (secondary N) is 1. The highest BCUT2D eigenvalue weighted by atomic mass is 16.5. The fourth-order valence-electron chi connectivity index (χ4n) is 3.84. The van der Waals surface area contributed by atoms with Crippen LogP contribution in [0.3, 0.4) is 0 Å². The molecule has 0 spiro atoms. The van der Waals surface area contributed by atoms with E-state index < -0.39 is 0 Å². The third-order valence-corrected chi connectivity index (χ3v) is 5.64. The highest BCUT2D eigenvalue weighted by Gasteiger charge is 2.25. The Kier molecular flexibility index (Phi) is 8.44. The van der Waals surface area contributed by atoms with E-state index in [-0.39, 0.29) is 17.4 Å². The van der Waals surface area contributed by atoms with E-state index in [9.17, 15) is 14.9 Å². The van der Waals surface area contributed by atoms with Gasteiger partial charge in [-0.1, -0.05) is 42.5 Å². The number of benzene rings is 2. The third-order valence-electron chi connectivity index (χ3n) is 5.64. The number of carbonyl (C=O) groups is 2. The summed E-state index contributed by atoms with van der Waals surface area (Å²) in [6, 6.07) is 19.5. The molecule has 0 aromatic heterocycles. The topological polar surface area (TPSA) is 82.4 Å². The van der Waals surface area contributed by atoms with Gasteiger partial charge in [-0.25, -0.2) is 4.79 Å². The zero-order valence-corrected chi connectivity index (χ0v) is 18.4. The first-order valence-corrected chi connectivity index (χ1v) is 11.0. The average molecular weight is 432 g/mol. The van der Waals surface area contributed by atoms with Gasteiger partial charge in [-0.15, -0.1) is 0 Å². The Balaban J connectivity index is 1.48. The van der Waals surface area contributed by atoms with Crippen molar-refractivity contribution in [3.63, 3.8) is 0 Å². The SMILES string of the molecule is CCOC(=O)c1ccc(CN/C=C(/C#N)C(=O)N2CCC(Cc3ccccc3)CC2)cc1. The van der Waals surface area contributed by atoms with Gasteiger partial charge in [0.05, 0.1) is 12.2 Å². The molecule has 0 saturated carbocycles. The van der Waals surface area contributed by atoms with Crippen LogP contribution < -0.4 is 5.32 Å². The molecule has 2 aromatic carbocycles. The molecule has 1 fully saturated rings. The zero-order valence-electron chi connectivity index (χ0n) is 18.4. The lowest BCUT2D eigenvalue weighted by Gasteiger charge is -2.32. The molecule has 1 amide bonds. The van der Waals surface area contributed by atoms with Gasteiger partial charge in [-0.3, -0.25) is 4.79 Å². The molecule has 2 aromatic rings. The van der Waals surface area contributed by atoms with Gasteiger partial charge < -0.3 is 15.0 Å². The van der Waals surface area contributed by atoms with Crippen LogP contribution in [0.2, 0.25) is 0 Å². The van der Waals surface area contributed by atoms with Gasteiger partial charge in [0.1, 0.15) is 11.6 Å². The second kappa shape index (κ2) is 11.7. The highest BCUT2D eigenvalue weighted by Crippen LogP contribution is 2.22. The summed E-state index contributed by atoms with van der Waals surface area (Å²) >= 11 is 0. The summed E-state index contributed by atoms with van der Waals surface area (Å²) < 4.78 is 4.97. The minimum atomic E-state index is -0.350. The predicted molar refractivity (Wildman–Crippen MR) is 122 cm³/mol. The molecule has 166 valence electrons. The van der Waals surface area contributed by atoms with E-state index in [1.807, 2.05) is 24.3 Å². The van der Waals surface area contributed by atoms with E-state index in [4.69, 9.17) is 4.74 Å². The molecular weight excluding hydrogens is 402 g/mol. The Morgan fingerprint density at radius 1 is 1.09 bits per heavy atom. The summed E-state index contributed by atoms with van der Waals surface area (Å²) in [4.78, 5) is 26.2. The average Bonchev–Trinajstić information content (AvgIpc) is 2.83. The van der Waals surface area contributed by atoms with Crippen molar-refractivity contribution in [1.29, 1.82) is 5.26 Å². The van der Waals surface area contributed by atoms with Gasteiger partial charge in [0.25, 0.3) is 5.91 Å². The van der Waals surface area contributed by atoms with E-state index in [2.05, 4.69) is 29.6 Å². The van der Waals surface area contributed by atoms with E-state index in [0.29, 0.717) is 37.7 Å². The Morgan fingerprint density at radius 3 is 2.41 bits per heavy atom. The summed E-state index contributed by atoms with van der Waals surface area (Å²) in [6.07, 6.45) is 4.40. The summed E-state index contributed by atoms with van der Waals surface area (Å²) in [5, 5.41) is 12.5. The van der Waals surface area contributed by atoms with Crippen molar-refractivity contribution >= 4 is 11.9 Å². The van der Waals surface area contributed by atoms with E-state index in [1.54, 1.807) is 24.0 Å². The number of nitriles is 1. The van der Waals surface area contributed by atoms with Crippen molar-refractivity contribution in [2.45, 2.75) is 32.7 Å². The van der Waals surface area contributed by atoms with E-state index >= 15 is 0 Å². The molecular formula is C26H29N3O3. The quantitative estimate of drug-likeness (QED) is 0.390. The molecule has 1 heterocycles. The first-order valence-electron chi connectivity index (χ1n) is 11.0. The highest BCUT2D eigenvalue weighted by molar-refractivity contribution is 5.97. The Morgan fingerprint density at radius 2 is 1.78 bits per heavy atom. The third kappa shape index (κ3) is 6.45. The Labute approximate surface area is 189 Å². The van der Waals surface area contributed by atoms with Crippen LogP contribution in [0.4, 0.5) is 0 Å². The molecule has 0 atom stereocenters. The van der Waals surface area contributed by atoms with Crippen molar-refractivity contribution < 1.29 is 14.3 Å². The maximum Gasteiger partial charge on any atom is 0.338 e. The van der Waals surface area contributed by atoms with Crippen molar-refractivity contribution in [2.24, 2.45) is 5.92 Å². The largest absolute Gasteiger partial charge is 0.462 e. The standard InChI is InChI=1S/C26H29N3O3/c1-2-32-26(31)23-10-8-22(9-11-23)18-28-19-24(17-27)25(30)29-14-12-21(13-15-29)16-20-6-4-3-5-7-20/h3-11,19,21,28H,2,12-16,18H2,1H3/b24-19-. The van der Waals surface area contributed by atoms with Crippen molar-refractivity contribution in [1.82, 2.24) is 10.2 Å². The number of esters is 1. The Bertz CT molecular complexity index is 970. The summed E-state index contributed by atoms with van der Waals surface area (Å²) in [5.74, 6) is -0.0145. The minimum absolute atomic E-state index is 0.106. The van der Waals surface area contributed by atoms with Crippen LogP contribution in [0.1, 0.15) is 41.3 Å². The monoisotopic (exact) mass is 431 g/mol. The molecule has 0 radical (unpaired) electrons. The summed E-state index contributed by atoms with van der Waals surface area (Å²) in [6.45, 7) is 3.89. The number of rotatable bonds is 8. The first-order chi connectivity index (χ1) is 15.6. The predicted octanol–water partition coefficient (Wildman–Crippen LogP) is 3.84. The van der Waals surface area contributed by atoms with E-state index in [1.165, 1.54) is 11.8 Å². The maximum atomic E-state index is 12.8. The van der Waals surface area contributed by atoms with Crippen LogP contribution in [0, 0.1) is 17.2 Å². The van der Waals surface area contributed by atoms with Crippen molar-refractivity contribution in [3.8, 4) is 6.07 Å². The lowest BCUT2D eigenvalue weighted by atomic mass is 9.90. The van der Waals surface area contributed by atoms with E-state index in [0.717, 1.165) is 24.8 Å². The number of ether oxygens (including phenoxy) is 1. The van der Waals surface area contributed by atoms with Gasteiger partial charge in [0, 0.05) is 25.8 Å². The van der Waals surface area contributed by atoms with Gasteiger partial charge in [-0.2, -0.15) is 5.26 Å². The lowest BCUT2D eigenvalue weighted by Crippen LogP contribution is -2.39. The fraction of sp³-hybridized carbons (Fsp3) is 0.346. The second-order valence-corrected chi connectivity index (χ2v) is 7.89. The fourth-order valence-corrected chi connectivity index (χ4v) is 3.84. The summed E-state index contributed by atoms with van der Waals surface area (Å²) in [5.41, 5.74) is 2.86. The molecule has 1 saturated heterocycles. The number of piperidine rings is 1. The van der Waals surface area contributed by atoms with Gasteiger partial charge in [0.15, 0.2) is 0 Å². The van der Waals surface area contributed by atoms with Crippen LogP contribution in [0.15, 0.2) is 66.4 Å². The number of hydrogen-bond acceptors (Lipinski definition) is 5. The molecule has 1 aliphatic rings. The first kappa shape index (κ1) is 23.1. The second-order valence-electron chi connectivity index (χ2n) is 7.89. The number of hydrogen-bond donors (Lipinski definition) is 1. The molecule has 32 heavy (non-hydrogen) atoms. The minimum Gasteiger partial charge on any atom is -0.462 e. The molecule has 6 nitrogen and oxygen atoms in total. The zero-order chi connectivity index (χ0) is 22.8. The van der Waals surface area contributed by atoms with Crippen molar-refractivity contribution in [2.75, 3.05) is 19.7 Å². The lowest BCUT2D eigenvalue weighted by molar-refractivity contribution is -0.128. The molecule has 0 bridgehead atoms. The van der Waals surface area contributed by atoms with Crippen LogP contribution >= 0.6 is 0 Å². The normalized spacial score (nSPS) is 14.5. The van der Waals surface area contributed by atoms with Crippen LogP contribution in [0.5, 0.6) is 0 Å². The van der Waals surface area contributed by atoms with Crippen molar-refractivity contribution in [3.05, 3.63) is 83.1 Å². The smallest absolute Gasteiger partial charge is 0.338 e. The number of amides is 1. The maximum absolute atomic E-state index is 12.8. The molecule has 1 N–H and O–H groups in total. The number of carbonyl (C=O) groups excluding carboxylic acids is 2. The molecule has 1 aliphatic heterocycles. The molecule has 0 unspecified atom stereocenters. The van der Waals surface area contributed by atoms with Gasteiger partial charge >= 0.3 is 5.97 Å². The molecule has 3 rings (SSSR count). The van der Waals surface area contributed by atoms with Crippen LogP contribution in [0.25, 0.3) is 0 Å². The molecule has 0 aliphatic carbocycles. The van der Waals surface area contributed by atoms with Crippen LogP contribution in [-0.2, 0) is 22.5 Å². The molecule has 6 heteroatoms. The number of nitrogens with zero attached hydrogens (tertiary/aromatic N) is 2. The van der Waals surface area contributed by atoms with Gasteiger partial charge in [0.2, 0.25) is 0 Å². The van der Waals surface area contributed by atoms with Gasteiger partial charge in [-0.05, 0) is 55.4 Å². The number of likely N-dealkylation sites (tertiary alicyclic amines) is 1. The summed E-state index contributed by atoms with van der Waals surface area (Å²) in [7, 11) is 0. The van der Waals surface area contributed by atoms with Crippen LogP contribution in [-0.4, -0.2) is 36.5 Å².